The Morgan fingerprint density at radius 1 is 1.26 bits per heavy atom. The first-order valence-electron chi connectivity index (χ1n) is 8.47. The van der Waals surface area contributed by atoms with Crippen molar-refractivity contribution in [3.63, 3.8) is 0 Å². The van der Waals surface area contributed by atoms with E-state index in [1.165, 1.54) is 18.4 Å². The molecule has 1 aromatic rings. The van der Waals surface area contributed by atoms with Gasteiger partial charge in [-0.05, 0) is 44.8 Å². The van der Waals surface area contributed by atoms with E-state index >= 15 is 0 Å². The summed E-state index contributed by atoms with van der Waals surface area (Å²) < 4.78 is 33.4. The standard InChI is InChI=1S/C17H26N2O3S/c1-14-17(9-12-22-14)23(20,21)18-13-16(19-10-5-6-11-19)15-7-3-2-4-8-15/h2-4,7-8,14,16-18H,5-6,9-13H2,1H3. The Morgan fingerprint density at radius 2 is 1.96 bits per heavy atom. The molecule has 23 heavy (non-hydrogen) atoms. The van der Waals surface area contributed by atoms with E-state index < -0.39 is 15.3 Å². The zero-order valence-corrected chi connectivity index (χ0v) is 14.5. The van der Waals surface area contributed by atoms with E-state index in [-0.39, 0.29) is 12.1 Å². The molecule has 0 amide bonds. The van der Waals surface area contributed by atoms with Crippen molar-refractivity contribution in [3.8, 4) is 0 Å². The zero-order valence-electron chi connectivity index (χ0n) is 13.6. The number of likely N-dealkylation sites (tertiary alicyclic amines) is 1. The van der Waals surface area contributed by atoms with E-state index in [2.05, 4.69) is 21.8 Å². The molecule has 3 atom stereocenters. The molecule has 2 aliphatic rings. The number of nitrogens with zero attached hydrogens (tertiary/aromatic N) is 1. The molecule has 1 aromatic carbocycles. The summed E-state index contributed by atoms with van der Waals surface area (Å²) in [7, 11) is -3.34. The van der Waals surface area contributed by atoms with Crippen LogP contribution >= 0.6 is 0 Å². The molecule has 0 bridgehead atoms. The Morgan fingerprint density at radius 3 is 2.57 bits per heavy atom. The van der Waals surface area contributed by atoms with Crippen LogP contribution in [0.5, 0.6) is 0 Å². The molecule has 0 spiro atoms. The fraction of sp³-hybridized carbons (Fsp3) is 0.647. The Kier molecular flexibility index (Phi) is 5.36. The minimum absolute atomic E-state index is 0.103. The Balaban J connectivity index is 1.71. The second-order valence-electron chi connectivity index (χ2n) is 6.47. The summed E-state index contributed by atoms with van der Waals surface area (Å²) in [5, 5.41) is -0.433. The van der Waals surface area contributed by atoms with Crippen molar-refractivity contribution in [2.75, 3.05) is 26.2 Å². The molecule has 2 aliphatic heterocycles. The van der Waals surface area contributed by atoms with Gasteiger partial charge >= 0.3 is 0 Å². The van der Waals surface area contributed by atoms with Gasteiger partial charge in [-0.2, -0.15) is 0 Å². The first-order valence-corrected chi connectivity index (χ1v) is 10.0. The largest absolute Gasteiger partial charge is 0.377 e. The predicted molar refractivity (Wildman–Crippen MR) is 90.7 cm³/mol. The molecule has 0 aliphatic carbocycles. The van der Waals surface area contributed by atoms with Crippen LogP contribution in [-0.4, -0.2) is 50.9 Å². The van der Waals surface area contributed by atoms with Gasteiger partial charge in [-0.1, -0.05) is 30.3 Å². The van der Waals surface area contributed by atoms with Crippen molar-refractivity contribution in [2.24, 2.45) is 0 Å². The minimum Gasteiger partial charge on any atom is -0.377 e. The first-order chi connectivity index (χ1) is 11.1. The van der Waals surface area contributed by atoms with E-state index in [0.717, 1.165) is 13.1 Å². The highest BCUT2D eigenvalue weighted by Crippen LogP contribution is 2.26. The normalized spacial score (nSPS) is 27.3. The Labute approximate surface area is 139 Å². The Hall–Kier alpha value is -0.950. The van der Waals surface area contributed by atoms with Gasteiger partial charge in [0.2, 0.25) is 10.0 Å². The number of nitrogens with one attached hydrogen (secondary N) is 1. The maximum Gasteiger partial charge on any atom is 0.217 e. The first kappa shape index (κ1) is 16.9. The van der Waals surface area contributed by atoms with Crippen molar-refractivity contribution in [1.82, 2.24) is 9.62 Å². The lowest BCUT2D eigenvalue weighted by Gasteiger charge is -2.29. The van der Waals surface area contributed by atoms with Gasteiger partial charge in [-0.3, -0.25) is 4.90 Å². The second kappa shape index (κ2) is 7.30. The quantitative estimate of drug-likeness (QED) is 0.861. The molecule has 1 N–H and O–H groups in total. The van der Waals surface area contributed by atoms with Crippen molar-refractivity contribution < 1.29 is 13.2 Å². The fourth-order valence-corrected chi connectivity index (χ4v) is 5.20. The van der Waals surface area contributed by atoms with Crippen molar-refractivity contribution >= 4 is 10.0 Å². The van der Waals surface area contributed by atoms with E-state index in [1.807, 2.05) is 25.1 Å². The Bertz CT molecular complexity index is 600. The maximum atomic E-state index is 12.6. The van der Waals surface area contributed by atoms with Crippen LogP contribution in [0.2, 0.25) is 0 Å². The highest BCUT2D eigenvalue weighted by Gasteiger charge is 2.36. The van der Waals surface area contributed by atoms with E-state index in [9.17, 15) is 8.42 Å². The molecule has 0 aromatic heterocycles. The average Bonchev–Trinajstić information content (AvgIpc) is 3.20. The van der Waals surface area contributed by atoms with Gasteiger partial charge in [0.05, 0.1) is 6.10 Å². The summed E-state index contributed by atoms with van der Waals surface area (Å²) in [5.74, 6) is 0. The summed E-state index contributed by atoms with van der Waals surface area (Å²) in [6.45, 7) is 4.86. The van der Waals surface area contributed by atoms with Crippen LogP contribution in [0.4, 0.5) is 0 Å². The number of sulfonamides is 1. The third kappa shape index (κ3) is 3.94. The lowest BCUT2D eigenvalue weighted by Crippen LogP contribution is -2.42. The molecule has 2 fully saturated rings. The molecule has 0 radical (unpaired) electrons. The van der Waals surface area contributed by atoms with Gasteiger partial charge < -0.3 is 4.74 Å². The van der Waals surface area contributed by atoms with Crippen LogP contribution in [0.15, 0.2) is 30.3 Å². The van der Waals surface area contributed by atoms with Crippen LogP contribution in [0.1, 0.15) is 37.8 Å². The molecule has 2 heterocycles. The number of hydrogen-bond acceptors (Lipinski definition) is 4. The summed E-state index contributed by atoms with van der Waals surface area (Å²) >= 11 is 0. The highest BCUT2D eigenvalue weighted by atomic mass is 32.2. The topological polar surface area (TPSA) is 58.6 Å². The second-order valence-corrected chi connectivity index (χ2v) is 8.45. The van der Waals surface area contributed by atoms with Crippen molar-refractivity contribution in [1.29, 1.82) is 0 Å². The van der Waals surface area contributed by atoms with Crippen LogP contribution in [0.3, 0.4) is 0 Å². The predicted octanol–water partition coefficient (Wildman–Crippen LogP) is 1.92. The highest BCUT2D eigenvalue weighted by molar-refractivity contribution is 7.90. The van der Waals surface area contributed by atoms with Gasteiger partial charge in [-0.15, -0.1) is 0 Å². The average molecular weight is 338 g/mol. The number of hydrogen-bond donors (Lipinski definition) is 1. The van der Waals surface area contributed by atoms with Crippen LogP contribution in [0.25, 0.3) is 0 Å². The van der Waals surface area contributed by atoms with Gasteiger partial charge in [-0.25, -0.2) is 13.1 Å². The maximum absolute atomic E-state index is 12.6. The smallest absolute Gasteiger partial charge is 0.217 e. The number of benzene rings is 1. The van der Waals surface area contributed by atoms with Gasteiger partial charge in [0, 0.05) is 19.2 Å². The molecule has 3 rings (SSSR count). The number of ether oxygens (including phenoxy) is 1. The third-order valence-electron chi connectivity index (χ3n) is 4.95. The molecular weight excluding hydrogens is 312 g/mol. The van der Waals surface area contributed by atoms with Crippen LogP contribution in [-0.2, 0) is 14.8 Å². The molecule has 6 heteroatoms. The number of rotatable bonds is 6. The van der Waals surface area contributed by atoms with E-state index in [4.69, 9.17) is 4.74 Å². The summed E-state index contributed by atoms with van der Waals surface area (Å²) in [6.07, 6.45) is 2.72. The monoisotopic (exact) mass is 338 g/mol. The van der Waals surface area contributed by atoms with Gasteiger partial charge in [0.1, 0.15) is 5.25 Å². The molecule has 5 nitrogen and oxygen atoms in total. The van der Waals surface area contributed by atoms with Gasteiger partial charge in [0.15, 0.2) is 0 Å². The van der Waals surface area contributed by atoms with Crippen molar-refractivity contribution in [2.45, 2.75) is 43.6 Å². The zero-order chi connectivity index (χ0) is 16.3. The van der Waals surface area contributed by atoms with Gasteiger partial charge in [0.25, 0.3) is 0 Å². The molecule has 3 unspecified atom stereocenters. The van der Waals surface area contributed by atoms with E-state index in [1.54, 1.807) is 0 Å². The summed E-state index contributed by atoms with van der Waals surface area (Å²) in [5.41, 5.74) is 1.17. The SMILES string of the molecule is CC1OCCC1S(=O)(=O)NCC(c1ccccc1)N1CCCC1. The minimum atomic E-state index is -3.34. The lowest BCUT2D eigenvalue weighted by molar-refractivity contribution is 0.126. The van der Waals surface area contributed by atoms with Crippen molar-refractivity contribution in [3.05, 3.63) is 35.9 Å². The van der Waals surface area contributed by atoms with Crippen LogP contribution < -0.4 is 4.72 Å². The molecule has 2 saturated heterocycles. The van der Waals surface area contributed by atoms with Crippen LogP contribution in [0, 0.1) is 0 Å². The fourth-order valence-electron chi connectivity index (χ4n) is 3.61. The molecule has 0 saturated carbocycles. The third-order valence-corrected chi connectivity index (χ3v) is 6.93. The van der Waals surface area contributed by atoms with E-state index in [0.29, 0.717) is 19.6 Å². The summed E-state index contributed by atoms with van der Waals surface area (Å²) in [6, 6.07) is 10.3. The summed E-state index contributed by atoms with van der Waals surface area (Å²) in [4.78, 5) is 2.38. The molecular formula is C17H26N2O3S. The lowest BCUT2D eigenvalue weighted by atomic mass is 10.1. The molecule has 128 valence electrons.